The maximum Gasteiger partial charge on any atom is 0.339 e. The third-order valence-electron chi connectivity index (χ3n) is 4.15. The summed E-state index contributed by atoms with van der Waals surface area (Å²) in [5.74, 6) is 0.259. The van der Waals surface area contributed by atoms with Gasteiger partial charge in [0.1, 0.15) is 11.5 Å². The van der Waals surface area contributed by atoms with Gasteiger partial charge in [-0.1, -0.05) is 42.8 Å². The van der Waals surface area contributed by atoms with E-state index in [0.29, 0.717) is 32.9 Å². The van der Waals surface area contributed by atoms with Gasteiger partial charge in [-0.05, 0) is 48.5 Å². The molecule has 8 heteroatoms. The number of nitrogens with one attached hydrogen (secondary N) is 1. The topological polar surface area (TPSA) is 81.7 Å². The van der Waals surface area contributed by atoms with E-state index in [1.54, 1.807) is 61.5 Å². The van der Waals surface area contributed by atoms with Crippen molar-refractivity contribution in [2.75, 3.05) is 17.7 Å². The molecule has 1 amide bonds. The highest BCUT2D eigenvalue weighted by molar-refractivity contribution is 7.85. The summed E-state index contributed by atoms with van der Waals surface area (Å²) in [4.78, 5) is 24.9. The molecule has 0 saturated heterocycles. The second-order valence-corrected chi connectivity index (χ2v) is 8.43. The number of para-hydroxylation sites is 1. The van der Waals surface area contributed by atoms with Crippen LogP contribution in [0.4, 0.5) is 5.69 Å². The lowest BCUT2D eigenvalue weighted by Crippen LogP contribution is -2.21. The Hall–Kier alpha value is -3.16. The van der Waals surface area contributed by atoms with Crippen molar-refractivity contribution in [3.8, 4) is 11.5 Å². The Bertz CT molecular complexity index is 1100. The maximum atomic E-state index is 12.3. The van der Waals surface area contributed by atoms with E-state index in [1.165, 1.54) is 6.07 Å². The molecule has 0 bridgehead atoms. The molecule has 0 aliphatic carbocycles. The normalized spacial score (nSPS) is 11.4. The third-order valence-corrected chi connectivity index (χ3v) is 5.83. The van der Waals surface area contributed by atoms with Gasteiger partial charge in [-0.3, -0.25) is 9.00 Å². The van der Waals surface area contributed by atoms with Crippen molar-refractivity contribution >= 4 is 40.0 Å². The fourth-order valence-electron chi connectivity index (χ4n) is 2.66. The molecule has 0 spiro atoms. The van der Waals surface area contributed by atoms with Crippen LogP contribution >= 0.6 is 11.6 Å². The predicted octanol–water partition coefficient (Wildman–Crippen LogP) is 5.06. The first-order chi connectivity index (χ1) is 15.0. The predicted molar refractivity (Wildman–Crippen MR) is 120 cm³/mol. The lowest BCUT2D eigenvalue weighted by Gasteiger charge is -2.10. The zero-order valence-electron chi connectivity index (χ0n) is 16.7. The summed E-state index contributed by atoms with van der Waals surface area (Å²) in [6.45, 7) is 1.29. The summed E-state index contributed by atoms with van der Waals surface area (Å²) < 4.78 is 22.9. The second-order valence-electron chi connectivity index (χ2n) is 6.31. The molecule has 0 saturated carbocycles. The van der Waals surface area contributed by atoms with E-state index in [9.17, 15) is 13.8 Å². The van der Waals surface area contributed by atoms with Gasteiger partial charge >= 0.3 is 5.97 Å². The number of hydrogen-bond donors (Lipinski definition) is 1. The standard InChI is InChI=1S/C23H20ClNO5S/c1-2-31(28)21-10-6-3-7-18(21)23(27)29-15-22(26)25-16-11-13-17(14-12-16)30-20-9-5-4-8-19(20)24/h3-14H,2,15H2,1H3,(H,25,26)/t31-/m0/s1. The number of halogens is 1. The summed E-state index contributed by atoms with van der Waals surface area (Å²) in [6.07, 6.45) is 0. The molecule has 3 aromatic carbocycles. The van der Waals surface area contributed by atoms with Crippen LogP contribution in [-0.2, 0) is 20.3 Å². The van der Waals surface area contributed by atoms with Crippen LogP contribution in [0, 0.1) is 0 Å². The molecule has 6 nitrogen and oxygen atoms in total. The fourth-order valence-corrected chi connectivity index (χ4v) is 3.77. The van der Waals surface area contributed by atoms with E-state index in [1.807, 2.05) is 12.1 Å². The smallest absolute Gasteiger partial charge is 0.339 e. The maximum absolute atomic E-state index is 12.3. The van der Waals surface area contributed by atoms with Gasteiger partial charge < -0.3 is 14.8 Å². The minimum Gasteiger partial charge on any atom is -0.456 e. The van der Waals surface area contributed by atoms with Crippen molar-refractivity contribution < 1.29 is 23.3 Å². The van der Waals surface area contributed by atoms with Crippen LogP contribution in [0.5, 0.6) is 11.5 Å². The SMILES string of the molecule is CC[S@](=O)c1ccccc1C(=O)OCC(=O)Nc1ccc(Oc2ccccc2Cl)cc1. The molecule has 1 atom stereocenters. The van der Waals surface area contributed by atoms with Crippen LogP contribution in [0.15, 0.2) is 77.7 Å². The molecular formula is C23H20ClNO5S. The van der Waals surface area contributed by atoms with E-state index in [0.717, 1.165) is 0 Å². The molecule has 0 radical (unpaired) electrons. The monoisotopic (exact) mass is 457 g/mol. The first-order valence-electron chi connectivity index (χ1n) is 9.44. The summed E-state index contributed by atoms with van der Waals surface area (Å²) in [7, 11) is -1.31. The molecule has 31 heavy (non-hydrogen) atoms. The quantitative estimate of drug-likeness (QED) is 0.478. The Morgan fingerprint density at radius 2 is 1.65 bits per heavy atom. The minimum atomic E-state index is -1.31. The largest absolute Gasteiger partial charge is 0.456 e. The van der Waals surface area contributed by atoms with Crippen LogP contribution in [0.3, 0.4) is 0 Å². The van der Waals surface area contributed by atoms with Gasteiger partial charge in [0, 0.05) is 11.4 Å². The van der Waals surface area contributed by atoms with E-state index >= 15 is 0 Å². The van der Waals surface area contributed by atoms with Crippen molar-refractivity contribution in [2.45, 2.75) is 11.8 Å². The summed E-state index contributed by atoms with van der Waals surface area (Å²) in [6, 6.07) is 20.3. The van der Waals surface area contributed by atoms with Gasteiger partial charge in [-0.15, -0.1) is 0 Å². The number of benzene rings is 3. The molecule has 160 valence electrons. The zero-order chi connectivity index (χ0) is 22.2. The average Bonchev–Trinajstić information content (AvgIpc) is 2.79. The number of ether oxygens (including phenoxy) is 2. The van der Waals surface area contributed by atoms with E-state index in [-0.39, 0.29) is 5.56 Å². The van der Waals surface area contributed by atoms with Crippen LogP contribution < -0.4 is 10.1 Å². The number of carbonyl (C=O) groups excluding carboxylic acids is 2. The Balaban J connectivity index is 1.55. The lowest BCUT2D eigenvalue weighted by molar-refractivity contribution is -0.119. The molecule has 3 rings (SSSR count). The van der Waals surface area contributed by atoms with Crippen molar-refractivity contribution in [1.29, 1.82) is 0 Å². The van der Waals surface area contributed by atoms with Crippen molar-refractivity contribution in [1.82, 2.24) is 0 Å². The molecule has 1 N–H and O–H groups in total. The number of amides is 1. The fraction of sp³-hybridized carbons (Fsp3) is 0.130. The third kappa shape index (κ3) is 6.16. The van der Waals surface area contributed by atoms with Gasteiger partial charge in [0.2, 0.25) is 0 Å². The zero-order valence-corrected chi connectivity index (χ0v) is 18.2. The van der Waals surface area contributed by atoms with Gasteiger partial charge in [0.15, 0.2) is 6.61 Å². The molecule has 0 aliphatic rings. The van der Waals surface area contributed by atoms with Gasteiger partial charge in [0.05, 0.1) is 26.3 Å². The summed E-state index contributed by atoms with van der Waals surface area (Å²) in [5.41, 5.74) is 0.705. The van der Waals surface area contributed by atoms with E-state index in [4.69, 9.17) is 21.1 Å². The Kier molecular flexibility index (Phi) is 7.81. The van der Waals surface area contributed by atoms with Crippen LogP contribution in [-0.4, -0.2) is 28.4 Å². The van der Waals surface area contributed by atoms with E-state index < -0.39 is 29.3 Å². The number of carbonyl (C=O) groups is 2. The Morgan fingerprint density at radius 1 is 0.968 bits per heavy atom. The molecular weight excluding hydrogens is 438 g/mol. The highest BCUT2D eigenvalue weighted by Gasteiger charge is 2.17. The van der Waals surface area contributed by atoms with Crippen LogP contribution in [0.2, 0.25) is 5.02 Å². The number of hydrogen-bond acceptors (Lipinski definition) is 5. The highest BCUT2D eigenvalue weighted by atomic mass is 35.5. The molecule has 0 fully saturated rings. The highest BCUT2D eigenvalue weighted by Crippen LogP contribution is 2.29. The van der Waals surface area contributed by atoms with Gasteiger partial charge in [-0.25, -0.2) is 4.79 Å². The molecule has 3 aromatic rings. The Labute approximate surface area is 187 Å². The molecule has 0 unspecified atom stereocenters. The average molecular weight is 458 g/mol. The molecule has 0 heterocycles. The van der Waals surface area contributed by atoms with Gasteiger partial charge in [-0.2, -0.15) is 0 Å². The lowest BCUT2D eigenvalue weighted by atomic mass is 10.2. The minimum absolute atomic E-state index is 0.191. The summed E-state index contributed by atoms with van der Waals surface area (Å²) in [5, 5.41) is 3.13. The Morgan fingerprint density at radius 3 is 2.35 bits per heavy atom. The van der Waals surface area contributed by atoms with Gasteiger partial charge in [0.25, 0.3) is 5.91 Å². The number of anilines is 1. The molecule has 0 aromatic heterocycles. The van der Waals surface area contributed by atoms with Crippen LogP contribution in [0.1, 0.15) is 17.3 Å². The first kappa shape index (κ1) is 22.5. The molecule has 0 aliphatic heterocycles. The van der Waals surface area contributed by atoms with Crippen molar-refractivity contribution in [3.63, 3.8) is 0 Å². The van der Waals surface area contributed by atoms with E-state index in [2.05, 4.69) is 5.32 Å². The van der Waals surface area contributed by atoms with Crippen molar-refractivity contribution in [2.24, 2.45) is 0 Å². The van der Waals surface area contributed by atoms with Crippen LogP contribution in [0.25, 0.3) is 0 Å². The first-order valence-corrected chi connectivity index (χ1v) is 11.1. The summed E-state index contributed by atoms with van der Waals surface area (Å²) >= 11 is 6.07. The number of rotatable bonds is 8. The van der Waals surface area contributed by atoms with Crippen molar-refractivity contribution in [3.05, 3.63) is 83.4 Å². The number of esters is 1. The second kappa shape index (κ2) is 10.7.